The van der Waals surface area contributed by atoms with Crippen LogP contribution in [0.1, 0.15) is 5.56 Å². The van der Waals surface area contributed by atoms with Crippen LogP contribution in [0.25, 0.3) is 0 Å². The van der Waals surface area contributed by atoms with Gasteiger partial charge in [-0.2, -0.15) is 0 Å². The SMILES string of the molecule is O=[N+]([O-])c1ccc(Cl)c(COc2cc(Cl)c(Br)cc2Cl)c1. The normalized spacial score (nSPS) is 10.5. The molecule has 0 saturated heterocycles. The standard InChI is InChI=1S/C13H7BrCl3NO3/c14-9-4-12(17)13(5-11(9)16)21-6-7-3-8(18(19)20)1-2-10(7)15/h1-5H,6H2. The average Bonchev–Trinajstić information content (AvgIpc) is 2.42. The molecule has 0 radical (unpaired) electrons. The van der Waals surface area contributed by atoms with E-state index in [0.717, 1.165) is 0 Å². The van der Waals surface area contributed by atoms with E-state index in [0.29, 0.717) is 30.9 Å². The molecule has 0 aliphatic heterocycles. The molecular weight excluding hydrogens is 404 g/mol. The minimum absolute atomic E-state index is 0.0399. The van der Waals surface area contributed by atoms with Gasteiger partial charge in [-0.05, 0) is 28.1 Å². The second-order valence-corrected chi connectivity index (χ2v) is 6.09. The van der Waals surface area contributed by atoms with Gasteiger partial charge in [0.1, 0.15) is 12.4 Å². The Bertz CT molecular complexity index is 709. The van der Waals surface area contributed by atoms with Gasteiger partial charge in [-0.3, -0.25) is 10.1 Å². The van der Waals surface area contributed by atoms with E-state index in [-0.39, 0.29) is 12.3 Å². The smallest absolute Gasteiger partial charge is 0.269 e. The number of nitro groups is 1. The molecule has 0 fully saturated rings. The predicted octanol–water partition coefficient (Wildman–Crippen LogP) is 5.90. The highest BCUT2D eigenvalue weighted by molar-refractivity contribution is 9.10. The molecule has 0 N–H and O–H groups in total. The maximum Gasteiger partial charge on any atom is 0.269 e. The molecule has 2 aromatic rings. The molecule has 110 valence electrons. The van der Waals surface area contributed by atoms with Crippen molar-refractivity contribution in [3.05, 3.63) is 65.6 Å². The maximum absolute atomic E-state index is 10.8. The number of hydrogen-bond acceptors (Lipinski definition) is 3. The summed E-state index contributed by atoms with van der Waals surface area (Å²) >= 11 is 21.2. The molecule has 2 aromatic carbocycles. The van der Waals surface area contributed by atoms with Gasteiger partial charge in [0.2, 0.25) is 0 Å². The lowest BCUT2D eigenvalue weighted by Gasteiger charge is -2.10. The van der Waals surface area contributed by atoms with Crippen LogP contribution in [0.5, 0.6) is 5.75 Å². The highest BCUT2D eigenvalue weighted by Crippen LogP contribution is 2.35. The van der Waals surface area contributed by atoms with Crippen LogP contribution in [-0.2, 0) is 6.61 Å². The molecule has 0 aromatic heterocycles. The third-order valence-electron chi connectivity index (χ3n) is 2.60. The molecule has 0 aliphatic rings. The van der Waals surface area contributed by atoms with E-state index in [9.17, 15) is 10.1 Å². The van der Waals surface area contributed by atoms with Gasteiger partial charge in [-0.1, -0.05) is 34.8 Å². The Hall–Kier alpha value is -1.01. The molecule has 0 heterocycles. The van der Waals surface area contributed by atoms with E-state index in [4.69, 9.17) is 39.5 Å². The minimum atomic E-state index is -0.497. The zero-order chi connectivity index (χ0) is 15.6. The number of non-ortho nitro benzene ring substituents is 1. The van der Waals surface area contributed by atoms with Crippen LogP contribution in [-0.4, -0.2) is 4.92 Å². The van der Waals surface area contributed by atoms with Crippen LogP contribution in [0, 0.1) is 10.1 Å². The molecule has 2 rings (SSSR count). The fourth-order valence-corrected chi connectivity index (χ4v) is 2.57. The van der Waals surface area contributed by atoms with Gasteiger partial charge in [-0.15, -0.1) is 0 Å². The lowest BCUT2D eigenvalue weighted by atomic mass is 10.2. The van der Waals surface area contributed by atoms with Crippen LogP contribution >= 0.6 is 50.7 Å². The quantitative estimate of drug-likeness (QED) is 0.358. The Morgan fingerprint density at radius 2 is 1.81 bits per heavy atom. The first-order valence-electron chi connectivity index (χ1n) is 5.58. The summed E-state index contributed by atoms with van der Waals surface area (Å²) in [5.74, 6) is 0.368. The first-order valence-corrected chi connectivity index (χ1v) is 7.51. The van der Waals surface area contributed by atoms with Gasteiger partial charge >= 0.3 is 0 Å². The Labute approximate surface area is 143 Å². The predicted molar refractivity (Wildman–Crippen MR) is 86.6 cm³/mol. The van der Waals surface area contributed by atoms with Gasteiger partial charge in [0.15, 0.2) is 0 Å². The Morgan fingerprint density at radius 3 is 2.48 bits per heavy atom. The number of ether oxygens (including phenoxy) is 1. The first kappa shape index (κ1) is 16.4. The topological polar surface area (TPSA) is 52.4 Å². The Morgan fingerprint density at radius 1 is 1.10 bits per heavy atom. The third kappa shape index (κ3) is 4.01. The van der Waals surface area contributed by atoms with Crippen LogP contribution < -0.4 is 4.74 Å². The Balaban J connectivity index is 2.22. The van der Waals surface area contributed by atoms with Crippen molar-refractivity contribution in [2.75, 3.05) is 0 Å². The second-order valence-electron chi connectivity index (χ2n) is 4.02. The molecule has 0 amide bonds. The summed E-state index contributed by atoms with van der Waals surface area (Å²) in [6, 6.07) is 7.30. The van der Waals surface area contributed by atoms with Crippen LogP contribution in [0.2, 0.25) is 15.1 Å². The number of halogens is 4. The summed E-state index contributed by atoms with van der Waals surface area (Å²) in [6.07, 6.45) is 0. The zero-order valence-electron chi connectivity index (χ0n) is 10.3. The molecule has 0 saturated carbocycles. The molecule has 4 nitrogen and oxygen atoms in total. The maximum atomic E-state index is 10.8. The van der Waals surface area contributed by atoms with Crippen molar-refractivity contribution in [2.24, 2.45) is 0 Å². The summed E-state index contributed by atoms with van der Waals surface area (Å²) in [6.45, 7) is 0.0399. The van der Waals surface area contributed by atoms with Gasteiger partial charge < -0.3 is 4.74 Å². The van der Waals surface area contributed by atoms with Crippen molar-refractivity contribution < 1.29 is 9.66 Å². The molecule has 0 atom stereocenters. The first-order chi connectivity index (χ1) is 9.88. The van der Waals surface area contributed by atoms with Crippen molar-refractivity contribution >= 4 is 56.4 Å². The van der Waals surface area contributed by atoms with Crippen molar-refractivity contribution in [1.29, 1.82) is 0 Å². The Kier molecular flexibility index (Phi) is 5.32. The molecule has 0 unspecified atom stereocenters. The van der Waals surface area contributed by atoms with Crippen molar-refractivity contribution in [1.82, 2.24) is 0 Å². The monoisotopic (exact) mass is 409 g/mol. The number of nitrogens with zero attached hydrogens (tertiary/aromatic N) is 1. The number of hydrogen-bond donors (Lipinski definition) is 0. The molecule has 0 aliphatic carbocycles. The molecular formula is C13H7BrCl3NO3. The van der Waals surface area contributed by atoms with Gasteiger partial charge in [0, 0.05) is 33.3 Å². The summed E-state index contributed by atoms with van der Waals surface area (Å²) in [7, 11) is 0. The van der Waals surface area contributed by atoms with E-state index in [1.165, 1.54) is 18.2 Å². The lowest BCUT2D eigenvalue weighted by Crippen LogP contribution is -1.98. The van der Waals surface area contributed by atoms with Crippen molar-refractivity contribution in [3.8, 4) is 5.75 Å². The van der Waals surface area contributed by atoms with Crippen molar-refractivity contribution in [2.45, 2.75) is 6.61 Å². The van der Waals surface area contributed by atoms with Crippen LogP contribution in [0.3, 0.4) is 0 Å². The van der Waals surface area contributed by atoms with Crippen LogP contribution in [0.4, 0.5) is 5.69 Å². The minimum Gasteiger partial charge on any atom is -0.487 e. The zero-order valence-corrected chi connectivity index (χ0v) is 14.1. The van der Waals surface area contributed by atoms with Crippen LogP contribution in [0.15, 0.2) is 34.8 Å². The summed E-state index contributed by atoms with van der Waals surface area (Å²) < 4.78 is 6.18. The highest BCUT2D eigenvalue weighted by atomic mass is 79.9. The number of nitro benzene ring substituents is 1. The van der Waals surface area contributed by atoms with Crippen molar-refractivity contribution in [3.63, 3.8) is 0 Å². The largest absolute Gasteiger partial charge is 0.487 e. The van der Waals surface area contributed by atoms with E-state index in [2.05, 4.69) is 15.9 Å². The molecule has 21 heavy (non-hydrogen) atoms. The van der Waals surface area contributed by atoms with Gasteiger partial charge in [0.05, 0.1) is 15.0 Å². The third-order valence-corrected chi connectivity index (χ3v) is 4.46. The van der Waals surface area contributed by atoms with Gasteiger partial charge in [0.25, 0.3) is 5.69 Å². The molecule has 0 bridgehead atoms. The average molecular weight is 411 g/mol. The lowest BCUT2D eigenvalue weighted by molar-refractivity contribution is -0.384. The molecule has 8 heteroatoms. The summed E-state index contributed by atoms with van der Waals surface area (Å²) in [4.78, 5) is 10.3. The number of rotatable bonds is 4. The van der Waals surface area contributed by atoms with E-state index in [1.54, 1.807) is 12.1 Å². The second kappa shape index (κ2) is 6.83. The fourth-order valence-electron chi connectivity index (χ4n) is 1.56. The number of benzene rings is 2. The summed E-state index contributed by atoms with van der Waals surface area (Å²) in [5, 5.41) is 11.9. The fraction of sp³-hybridized carbons (Fsp3) is 0.0769. The van der Waals surface area contributed by atoms with Gasteiger partial charge in [-0.25, -0.2) is 0 Å². The van der Waals surface area contributed by atoms with E-state index < -0.39 is 4.92 Å². The van der Waals surface area contributed by atoms with E-state index in [1.807, 2.05) is 0 Å². The highest BCUT2D eigenvalue weighted by Gasteiger charge is 2.12. The summed E-state index contributed by atoms with van der Waals surface area (Å²) in [5.41, 5.74) is 0.430. The molecule has 0 spiro atoms. The van der Waals surface area contributed by atoms with E-state index >= 15 is 0 Å².